The first kappa shape index (κ1) is 32.3. The van der Waals surface area contributed by atoms with E-state index in [1.54, 1.807) is 41.7 Å². The van der Waals surface area contributed by atoms with Crippen molar-refractivity contribution < 1.29 is 28.6 Å². The molecule has 0 aliphatic carbocycles. The Morgan fingerprint density at radius 2 is 1.88 bits per heavy atom. The van der Waals surface area contributed by atoms with Gasteiger partial charge < -0.3 is 28.9 Å². The third kappa shape index (κ3) is 7.15. The smallest absolute Gasteiger partial charge is 0.410 e. The zero-order valence-corrected chi connectivity index (χ0v) is 26.4. The molecule has 1 aromatic carbocycles. The van der Waals surface area contributed by atoms with Gasteiger partial charge in [0.1, 0.15) is 10.6 Å². The zero-order valence-electron chi connectivity index (χ0n) is 24.9. The molecule has 0 spiro atoms. The number of carbonyl (C=O) groups is 3. The molecule has 1 fully saturated rings. The molecule has 0 saturated carbocycles. The number of anilines is 1. The monoisotopic (exact) mass is 599 g/mol. The van der Waals surface area contributed by atoms with Crippen LogP contribution in [0, 0.1) is 0 Å². The van der Waals surface area contributed by atoms with Crippen LogP contribution in [0.2, 0.25) is 10.0 Å². The fourth-order valence-electron chi connectivity index (χ4n) is 5.16. The number of rotatable bonds is 8. The van der Waals surface area contributed by atoms with Gasteiger partial charge in [0, 0.05) is 39.4 Å². The van der Waals surface area contributed by atoms with E-state index in [2.05, 4.69) is 0 Å². The van der Waals surface area contributed by atoms with Crippen molar-refractivity contribution in [3.63, 3.8) is 0 Å². The van der Waals surface area contributed by atoms with E-state index in [1.807, 2.05) is 34.6 Å². The van der Waals surface area contributed by atoms with E-state index in [0.717, 1.165) is 19.3 Å². The maximum Gasteiger partial charge on any atom is 0.410 e. The molecule has 0 bridgehead atoms. The van der Waals surface area contributed by atoms with Crippen LogP contribution in [-0.2, 0) is 14.3 Å². The lowest BCUT2D eigenvalue weighted by Crippen LogP contribution is -2.55. The van der Waals surface area contributed by atoms with Crippen molar-refractivity contribution in [2.75, 3.05) is 38.3 Å². The summed E-state index contributed by atoms with van der Waals surface area (Å²) in [5, 5.41) is 0.160. The summed E-state index contributed by atoms with van der Waals surface area (Å²) in [5.74, 6) is -0.267. The minimum Gasteiger partial charge on any atom is -0.474 e. The average molecular weight is 601 g/mol. The summed E-state index contributed by atoms with van der Waals surface area (Å²) in [6.07, 6.45) is 2.51. The standard InChI is InChI=1S/C29H43Cl2N3O6/c1-18(2)34(19-12-11-13-32(17-19)27(37)40-28(3,4)5)25(35)20-16-21-24(23(31)22(20)30)39-29(6,7)26(36)33(21)14-9-10-15-38-8/h16,18-19H,9-15,17H2,1-8H3/t19-/m1/s1. The Morgan fingerprint density at radius 1 is 1.20 bits per heavy atom. The van der Waals surface area contributed by atoms with Gasteiger partial charge in [-0.15, -0.1) is 0 Å². The van der Waals surface area contributed by atoms with Crippen molar-refractivity contribution in [2.45, 2.75) is 97.4 Å². The number of methoxy groups -OCH3 is 1. The van der Waals surface area contributed by atoms with Gasteiger partial charge in [-0.1, -0.05) is 23.2 Å². The summed E-state index contributed by atoms with van der Waals surface area (Å²) < 4.78 is 16.8. The summed E-state index contributed by atoms with van der Waals surface area (Å²) in [4.78, 5) is 45.4. The molecule has 9 nitrogen and oxygen atoms in total. The lowest BCUT2D eigenvalue weighted by atomic mass is 9.99. The lowest BCUT2D eigenvalue weighted by Gasteiger charge is -2.42. The number of unbranched alkanes of at least 4 members (excludes halogenated alkanes) is 1. The fourth-order valence-corrected chi connectivity index (χ4v) is 5.61. The summed E-state index contributed by atoms with van der Waals surface area (Å²) in [5.41, 5.74) is -1.16. The van der Waals surface area contributed by atoms with Crippen molar-refractivity contribution >= 4 is 46.8 Å². The lowest BCUT2D eigenvalue weighted by molar-refractivity contribution is -0.132. The van der Waals surface area contributed by atoms with E-state index in [1.165, 1.54) is 0 Å². The number of likely N-dealkylation sites (tertiary alicyclic amines) is 1. The first-order chi connectivity index (χ1) is 18.6. The van der Waals surface area contributed by atoms with Gasteiger partial charge in [-0.3, -0.25) is 9.59 Å². The Labute approximate surface area is 248 Å². The van der Waals surface area contributed by atoms with Crippen molar-refractivity contribution in [3.8, 4) is 5.75 Å². The molecule has 2 aliphatic rings. The molecule has 1 saturated heterocycles. The van der Waals surface area contributed by atoms with E-state index in [-0.39, 0.29) is 45.3 Å². The molecular formula is C29H43Cl2N3O6. The van der Waals surface area contributed by atoms with Gasteiger partial charge in [-0.2, -0.15) is 0 Å². The SMILES string of the molecule is COCCCCN1C(=O)C(C)(C)Oc2c1cc(C(=O)N(C(C)C)[C@@H]1CCCN(C(=O)OC(C)(C)C)C1)c(Cl)c2Cl. The van der Waals surface area contributed by atoms with Crippen LogP contribution in [0.3, 0.4) is 0 Å². The van der Waals surface area contributed by atoms with Gasteiger partial charge in [0.15, 0.2) is 11.4 Å². The summed E-state index contributed by atoms with van der Waals surface area (Å²) in [6.45, 7) is 14.6. The second-order valence-electron chi connectivity index (χ2n) is 12.2. The van der Waals surface area contributed by atoms with Gasteiger partial charge >= 0.3 is 6.09 Å². The molecule has 1 atom stereocenters. The van der Waals surface area contributed by atoms with Crippen molar-refractivity contribution in [2.24, 2.45) is 0 Å². The molecule has 1 aromatic rings. The Balaban J connectivity index is 1.97. The van der Waals surface area contributed by atoms with E-state index in [4.69, 9.17) is 37.4 Å². The normalized spacial score (nSPS) is 18.9. The maximum atomic E-state index is 14.2. The second-order valence-corrected chi connectivity index (χ2v) is 13.0. The minimum atomic E-state index is -1.15. The first-order valence-electron chi connectivity index (χ1n) is 13.9. The maximum absolute atomic E-state index is 14.2. The second kappa shape index (κ2) is 12.7. The third-order valence-corrected chi connectivity index (χ3v) is 7.84. The van der Waals surface area contributed by atoms with Gasteiger partial charge in [-0.25, -0.2) is 4.79 Å². The van der Waals surface area contributed by atoms with Crippen LogP contribution in [0.1, 0.15) is 84.5 Å². The molecule has 40 heavy (non-hydrogen) atoms. The predicted octanol–water partition coefficient (Wildman–Crippen LogP) is 6.17. The molecule has 0 N–H and O–H groups in total. The Morgan fingerprint density at radius 3 is 2.48 bits per heavy atom. The molecule has 0 radical (unpaired) electrons. The number of piperidine rings is 1. The highest BCUT2D eigenvalue weighted by Crippen LogP contribution is 2.48. The van der Waals surface area contributed by atoms with E-state index in [0.29, 0.717) is 38.3 Å². The van der Waals surface area contributed by atoms with Crippen molar-refractivity contribution in [1.82, 2.24) is 9.80 Å². The molecular weight excluding hydrogens is 557 g/mol. The van der Waals surface area contributed by atoms with Crippen LogP contribution in [0.4, 0.5) is 10.5 Å². The average Bonchev–Trinajstić information content (AvgIpc) is 2.85. The van der Waals surface area contributed by atoms with Crippen LogP contribution in [0.5, 0.6) is 5.75 Å². The Kier molecular flexibility index (Phi) is 10.3. The minimum absolute atomic E-state index is 0.0698. The number of hydrogen-bond acceptors (Lipinski definition) is 6. The molecule has 224 valence electrons. The predicted molar refractivity (Wildman–Crippen MR) is 157 cm³/mol. The van der Waals surface area contributed by atoms with Gasteiger partial charge in [-0.05, 0) is 80.2 Å². The Hall–Kier alpha value is -2.23. The van der Waals surface area contributed by atoms with Gasteiger partial charge in [0.05, 0.1) is 22.3 Å². The summed E-state index contributed by atoms with van der Waals surface area (Å²) in [7, 11) is 1.64. The highest BCUT2D eigenvalue weighted by atomic mass is 35.5. The van der Waals surface area contributed by atoms with Crippen molar-refractivity contribution in [3.05, 3.63) is 21.7 Å². The number of carbonyl (C=O) groups excluding carboxylic acids is 3. The molecule has 11 heteroatoms. The summed E-state index contributed by atoms with van der Waals surface area (Å²) in [6, 6.07) is 1.17. The largest absolute Gasteiger partial charge is 0.474 e. The van der Waals surface area contributed by atoms with Crippen LogP contribution < -0.4 is 9.64 Å². The van der Waals surface area contributed by atoms with E-state index < -0.39 is 17.3 Å². The van der Waals surface area contributed by atoms with Gasteiger partial charge in [0.25, 0.3) is 11.8 Å². The highest BCUT2D eigenvalue weighted by molar-refractivity contribution is 6.45. The first-order valence-corrected chi connectivity index (χ1v) is 14.7. The van der Waals surface area contributed by atoms with Gasteiger partial charge in [0.2, 0.25) is 0 Å². The highest BCUT2D eigenvalue weighted by Gasteiger charge is 2.43. The number of nitrogens with zero attached hydrogens (tertiary/aromatic N) is 3. The number of fused-ring (bicyclic) bond motifs is 1. The van der Waals surface area contributed by atoms with Crippen LogP contribution in [0.15, 0.2) is 6.07 Å². The van der Waals surface area contributed by atoms with Crippen molar-refractivity contribution in [1.29, 1.82) is 0 Å². The third-order valence-electron chi connectivity index (χ3n) is 6.99. The van der Waals surface area contributed by atoms with E-state index >= 15 is 0 Å². The molecule has 0 unspecified atom stereocenters. The number of halogens is 2. The Bertz CT molecular complexity index is 1120. The molecule has 2 aliphatic heterocycles. The molecule has 0 aromatic heterocycles. The van der Waals surface area contributed by atoms with Crippen LogP contribution in [0.25, 0.3) is 0 Å². The number of hydrogen-bond donors (Lipinski definition) is 0. The number of ether oxygens (including phenoxy) is 3. The molecule has 3 rings (SSSR count). The molecule has 2 heterocycles. The topological polar surface area (TPSA) is 88.6 Å². The fraction of sp³-hybridized carbons (Fsp3) is 0.690. The number of amides is 3. The van der Waals surface area contributed by atoms with Crippen LogP contribution in [-0.4, -0.2) is 84.3 Å². The molecule has 3 amide bonds. The summed E-state index contributed by atoms with van der Waals surface area (Å²) >= 11 is 13.4. The van der Waals surface area contributed by atoms with E-state index in [9.17, 15) is 14.4 Å². The van der Waals surface area contributed by atoms with Crippen LogP contribution >= 0.6 is 23.2 Å². The quantitative estimate of drug-likeness (QED) is 0.332. The number of benzene rings is 1. The zero-order chi connectivity index (χ0) is 30.0.